The van der Waals surface area contributed by atoms with Gasteiger partial charge in [0.2, 0.25) is 5.91 Å². The highest BCUT2D eigenvalue weighted by atomic mass is 32.1. The van der Waals surface area contributed by atoms with Crippen LogP contribution < -0.4 is 9.64 Å². The molecule has 0 aliphatic heterocycles. The summed E-state index contributed by atoms with van der Waals surface area (Å²) in [7, 11) is 0. The Morgan fingerprint density at radius 2 is 2.04 bits per heavy atom. The Labute approximate surface area is 157 Å². The largest absolute Gasteiger partial charge is 0.494 e. The number of aromatic nitrogens is 1. The van der Waals surface area contributed by atoms with Gasteiger partial charge < -0.3 is 4.74 Å². The Kier molecular flexibility index (Phi) is 4.64. The molecular weight excluding hydrogens is 344 g/mol. The maximum absolute atomic E-state index is 13.0. The van der Waals surface area contributed by atoms with Crippen LogP contribution in [-0.4, -0.2) is 17.5 Å². The van der Waals surface area contributed by atoms with Crippen LogP contribution >= 0.6 is 11.3 Å². The molecule has 0 saturated heterocycles. The van der Waals surface area contributed by atoms with E-state index in [1.165, 1.54) is 0 Å². The summed E-state index contributed by atoms with van der Waals surface area (Å²) in [4.78, 5) is 19.6. The Hall–Kier alpha value is -2.40. The van der Waals surface area contributed by atoms with Crippen LogP contribution in [-0.2, 0) is 11.3 Å². The van der Waals surface area contributed by atoms with E-state index in [9.17, 15) is 4.79 Å². The lowest BCUT2D eigenvalue weighted by molar-refractivity contribution is -0.120. The first-order valence-corrected chi connectivity index (χ1v) is 9.86. The highest BCUT2D eigenvalue weighted by molar-refractivity contribution is 7.22. The van der Waals surface area contributed by atoms with E-state index in [2.05, 4.69) is 19.1 Å². The van der Waals surface area contributed by atoms with Crippen LogP contribution in [0.25, 0.3) is 10.2 Å². The first-order valence-electron chi connectivity index (χ1n) is 9.04. The van der Waals surface area contributed by atoms with E-state index >= 15 is 0 Å². The number of carbonyl (C=O) groups excluding carboxylic acids is 1. The van der Waals surface area contributed by atoms with E-state index in [0.717, 1.165) is 33.1 Å². The van der Waals surface area contributed by atoms with Crippen molar-refractivity contribution in [1.82, 2.24) is 4.98 Å². The van der Waals surface area contributed by atoms with Crippen molar-refractivity contribution in [2.75, 3.05) is 11.5 Å². The number of carbonyl (C=O) groups is 1. The van der Waals surface area contributed by atoms with Crippen molar-refractivity contribution in [2.45, 2.75) is 26.8 Å². The first-order chi connectivity index (χ1) is 12.7. The summed E-state index contributed by atoms with van der Waals surface area (Å²) in [6.07, 6.45) is 0.976. The van der Waals surface area contributed by atoms with Crippen LogP contribution in [0, 0.1) is 11.8 Å². The van der Waals surface area contributed by atoms with Gasteiger partial charge in [0, 0.05) is 5.92 Å². The summed E-state index contributed by atoms with van der Waals surface area (Å²) >= 11 is 1.55. The fraction of sp³-hybridized carbons (Fsp3) is 0.333. The van der Waals surface area contributed by atoms with E-state index < -0.39 is 0 Å². The number of amides is 1. The second-order valence-electron chi connectivity index (χ2n) is 6.79. The molecule has 2 aromatic carbocycles. The van der Waals surface area contributed by atoms with Crippen molar-refractivity contribution in [3.8, 4) is 5.75 Å². The first kappa shape index (κ1) is 17.0. The third-order valence-electron chi connectivity index (χ3n) is 4.77. The number of fused-ring (bicyclic) bond motifs is 1. The summed E-state index contributed by atoms with van der Waals surface area (Å²) in [5.41, 5.74) is 2.02. The zero-order valence-electron chi connectivity index (χ0n) is 15.0. The Bertz CT molecular complexity index is 922. The number of hydrogen-bond acceptors (Lipinski definition) is 4. The molecule has 1 aliphatic rings. The number of benzene rings is 2. The fourth-order valence-electron chi connectivity index (χ4n) is 3.14. The molecule has 0 N–H and O–H groups in total. The van der Waals surface area contributed by atoms with Crippen LogP contribution in [0.15, 0.2) is 48.5 Å². The second kappa shape index (κ2) is 7.08. The Morgan fingerprint density at radius 3 is 2.73 bits per heavy atom. The zero-order chi connectivity index (χ0) is 18.1. The van der Waals surface area contributed by atoms with Gasteiger partial charge in [-0.3, -0.25) is 9.69 Å². The zero-order valence-corrected chi connectivity index (χ0v) is 15.8. The molecule has 134 valence electrons. The van der Waals surface area contributed by atoms with Crippen LogP contribution in [0.4, 0.5) is 5.13 Å². The van der Waals surface area contributed by atoms with Crippen LogP contribution in [0.5, 0.6) is 5.75 Å². The molecule has 1 saturated carbocycles. The number of thiazole rings is 1. The highest BCUT2D eigenvalue weighted by Gasteiger charge is 2.42. The third-order valence-corrected chi connectivity index (χ3v) is 5.81. The van der Waals surface area contributed by atoms with Gasteiger partial charge in [0.15, 0.2) is 5.13 Å². The number of nitrogens with zero attached hydrogens (tertiary/aromatic N) is 2. The van der Waals surface area contributed by atoms with Gasteiger partial charge in [0.25, 0.3) is 0 Å². The van der Waals surface area contributed by atoms with E-state index in [0.29, 0.717) is 19.1 Å². The molecule has 5 heteroatoms. The smallest absolute Gasteiger partial charge is 0.232 e. The van der Waals surface area contributed by atoms with E-state index in [1.54, 1.807) is 11.3 Å². The van der Waals surface area contributed by atoms with Crippen molar-refractivity contribution in [3.63, 3.8) is 0 Å². The number of hydrogen-bond donors (Lipinski definition) is 0. The van der Waals surface area contributed by atoms with Crippen LogP contribution in [0.3, 0.4) is 0 Å². The quantitative estimate of drug-likeness (QED) is 0.624. The number of rotatable bonds is 6. The minimum atomic E-state index is 0.129. The molecule has 1 fully saturated rings. The highest BCUT2D eigenvalue weighted by Crippen LogP contribution is 2.41. The van der Waals surface area contributed by atoms with E-state index in [-0.39, 0.29) is 11.8 Å². The van der Waals surface area contributed by atoms with Gasteiger partial charge in [0.05, 0.1) is 23.4 Å². The van der Waals surface area contributed by atoms with Crippen molar-refractivity contribution in [3.05, 3.63) is 54.1 Å². The second-order valence-corrected chi connectivity index (χ2v) is 7.80. The minimum Gasteiger partial charge on any atom is -0.494 e. The molecule has 0 radical (unpaired) electrons. The molecule has 0 bridgehead atoms. The fourth-order valence-corrected chi connectivity index (χ4v) is 4.14. The standard InChI is InChI=1S/C21H22N2O2S/c1-3-25-16-9-10-18-19(12-16)26-21(22-18)23(20(24)17-11-14(17)2)13-15-7-5-4-6-8-15/h4-10,12,14,17H,3,11,13H2,1-2H3. The molecule has 2 unspecified atom stereocenters. The van der Waals surface area contributed by atoms with Gasteiger partial charge in [-0.05, 0) is 43.0 Å². The van der Waals surface area contributed by atoms with Crippen LogP contribution in [0.1, 0.15) is 25.8 Å². The molecule has 4 rings (SSSR count). The van der Waals surface area contributed by atoms with Crippen molar-refractivity contribution >= 4 is 32.6 Å². The van der Waals surface area contributed by atoms with E-state index in [4.69, 9.17) is 9.72 Å². The average Bonchev–Trinajstić information content (AvgIpc) is 3.23. The summed E-state index contributed by atoms with van der Waals surface area (Å²) in [6.45, 7) is 5.30. The lowest BCUT2D eigenvalue weighted by atomic mass is 10.2. The normalized spacial score (nSPS) is 18.7. The maximum Gasteiger partial charge on any atom is 0.232 e. The molecule has 3 aromatic rings. The molecule has 26 heavy (non-hydrogen) atoms. The molecule has 4 nitrogen and oxygen atoms in total. The van der Waals surface area contributed by atoms with E-state index in [1.807, 2.05) is 48.2 Å². The molecule has 1 aromatic heterocycles. The summed E-state index contributed by atoms with van der Waals surface area (Å²) in [5.74, 6) is 1.63. The van der Waals surface area contributed by atoms with Crippen molar-refractivity contribution in [2.24, 2.45) is 11.8 Å². The molecule has 0 spiro atoms. The predicted molar refractivity (Wildman–Crippen MR) is 106 cm³/mol. The van der Waals surface area contributed by atoms with Gasteiger partial charge in [-0.2, -0.15) is 0 Å². The molecule has 1 amide bonds. The topological polar surface area (TPSA) is 42.4 Å². The minimum absolute atomic E-state index is 0.129. The number of anilines is 1. The van der Waals surface area contributed by atoms with Gasteiger partial charge in [-0.1, -0.05) is 48.6 Å². The van der Waals surface area contributed by atoms with Gasteiger partial charge >= 0.3 is 0 Å². The SMILES string of the molecule is CCOc1ccc2nc(N(Cc3ccccc3)C(=O)C3CC3C)sc2c1. The molecule has 1 heterocycles. The van der Waals surface area contributed by atoms with Gasteiger partial charge in [-0.15, -0.1) is 0 Å². The summed E-state index contributed by atoms with van der Waals surface area (Å²) < 4.78 is 6.63. The third kappa shape index (κ3) is 3.44. The molecule has 2 atom stereocenters. The monoisotopic (exact) mass is 366 g/mol. The molecule has 1 aliphatic carbocycles. The summed E-state index contributed by atoms with van der Waals surface area (Å²) in [5, 5.41) is 0.765. The Balaban J connectivity index is 1.68. The average molecular weight is 366 g/mol. The predicted octanol–water partition coefficient (Wildman–Crippen LogP) is 4.88. The van der Waals surface area contributed by atoms with Gasteiger partial charge in [0.1, 0.15) is 5.75 Å². The van der Waals surface area contributed by atoms with Crippen LogP contribution in [0.2, 0.25) is 0 Å². The molecular formula is C21H22N2O2S. The number of ether oxygens (including phenoxy) is 1. The van der Waals surface area contributed by atoms with Gasteiger partial charge in [-0.25, -0.2) is 4.98 Å². The maximum atomic E-state index is 13.0. The van der Waals surface area contributed by atoms with Crippen molar-refractivity contribution in [1.29, 1.82) is 0 Å². The van der Waals surface area contributed by atoms with Crippen molar-refractivity contribution < 1.29 is 9.53 Å². The lowest BCUT2D eigenvalue weighted by Crippen LogP contribution is -2.32. The Morgan fingerprint density at radius 1 is 1.27 bits per heavy atom. The lowest BCUT2D eigenvalue weighted by Gasteiger charge is -2.20. The summed E-state index contributed by atoms with van der Waals surface area (Å²) in [6, 6.07) is 16.0.